The lowest BCUT2D eigenvalue weighted by Gasteiger charge is -2.36. The van der Waals surface area contributed by atoms with E-state index in [1.165, 1.54) is 11.6 Å². The van der Waals surface area contributed by atoms with Gasteiger partial charge in [0.1, 0.15) is 5.76 Å². The minimum atomic E-state index is -4.38. The zero-order valence-electron chi connectivity index (χ0n) is 20.3. The van der Waals surface area contributed by atoms with Crippen molar-refractivity contribution >= 4 is 27.5 Å². The molecule has 0 spiro atoms. The Bertz CT molecular complexity index is 1170. The van der Waals surface area contributed by atoms with Crippen molar-refractivity contribution in [3.63, 3.8) is 0 Å². The summed E-state index contributed by atoms with van der Waals surface area (Å²) in [6, 6.07) is 17.3. The molecule has 1 saturated heterocycles. The number of hydrogen-bond acceptors (Lipinski definition) is 4. The summed E-state index contributed by atoms with van der Waals surface area (Å²) in [6.45, 7) is 7.30. The molecule has 0 unspecified atom stereocenters. The first-order chi connectivity index (χ1) is 17.1. The van der Waals surface area contributed by atoms with Gasteiger partial charge in [-0.1, -0.05) is 34.1 Å². The maximum absolute atomic E-state index is 13.1. The number of rotatable bonds is 7. The fraction of sp³-hybridized carbons (Fsp3) is 0.370. The van der Waals surface area contributed by atoms with E-state index in [1.807, 2.05) is 23.1 Å². The Morgan fingerprint density at radius 2 is 1.69 bits per heavy atom. The molecular formula is C27H29BrF3N3O2. The van der Waals surface area contributed by atoms with Crippen LogP contribution in [0.3, 0.4) is 0 Å². The van der Waals surface area contributed by atoms with E-state index in [2.05, 4.69) is 46.8 Å². The van der Waals surface area contributed by atoms with Crippen LogP contribution in [0.15, 0.2) is 69.6 Å². The average Bonchev–Trinajstić information content (AvgIpc) is 3.33. The van der Waals surface area contributed by atoms with Crippen LogP contribution in [0.5, 0.6) is 0 Å². The van der Waals surface area contributed by atoms with Gasteiger partial charge in [-0.25, -0.2) is 0 Å². The van der Waals surface area contributed by atoms with Gasteiger partial charge in [0, 0.05) is 48.9 Å². The minimum absolute atomic E-state index is 0.200. The van der Waals surface area contributed by atoms with Gasteiger partial charge in [-0.2, -0.15) is 13.2 Å². The second-order valence-electron chi connectivity index (χ2n) is 9.22. The number of benzene rings is 2. The van der Waals surface area contributed by atoms with E-state index in [0.29, 0.717) is 44.2 Å². The number of furan rings is 1. The molecular weight excluding hydrogens is 535 g/mol. The third-order valence-electron chi connectivity index (χ3n) is 6.37. The topological polar surface area (TPSA) is 39.9 Å². The molecule has 36 heavy (non-hydrogen) atoms. The third-order valence-corrected chi connectivity index (χ3v) is 6.89. The Balaban J connectivity index is 1.35. The van der Waals surface area contributed by atoms with Crippen LogP contribution in [0, 0.1) is 0 Å². The highest BCUT2D eigenvalue weighted by atomic mass is 79.9. The van der Waals surface area contributed by atoms with Crippen molar-refractivity contribution in [2.45, 2.75) is 39.2 Å². The first-order valence-corrected chi connectivity index (χ1v) is 12.7. The maximum Gasteiger partial charge on any atom is 0.416 e. The van der Waals surface area contributed by atoms with Gasteiger partial charge in [-0.15, -0.1) is 0 Å². The van der Waals surface area contributed by atoms with Crippen LogP contribution < -0.4 is 4.90 Å². The lowest BCUT2D eigenvalue weighted by Crippen LogP contribution is -2.48. The van der Waals surface area contributed by atoms with Gasteiger partial charge in [0.2, 0.25) is 0 Å². The average molecular weight is 564 g/mol. The van der Waals surface area contributed by atoms with E-state index >= 15 is 0 Å². The molecule has 0 saturated carbocycles. The van der Waals surface area contributed by atoms with Crippen LogP contribution in [0.25, 0.3) is 0 Å². The molecule has 0 bridgehead atoms. The zero-order valence-corrected chi connectivity index (χ0v) is 21.8. The molecule has 0 atom stereocenters. The molecule has 0 N–H and O–H groups in total. The molecule has 3 aromatic rings. The standard InChI is InChI=1S/C27H29BrF3N3O2/c1-19(2)34(17-20-6-8-22(28)9-7-20)18-24-10-11-25(36-24)26(35)33-14-12-32(13-15-33)23-5-3-4-21(16-23)27(29,30)31/h3-11,16,19H,12-15,17-18H2,1-2H3. The van der Waals surface area contributed by atoms with Gasteiger partial charge in [-0.3, -0.25) is 9.69 Å². The smallest absolute Gasteiger partial charge is 0.416 e. The Hall–Kier alpha value is -2.78. The van der Waals surface area contributed by atoms with Crippen LogP contribution in [-0.4, -0.2) is 47.9 Å². The molecule has 0 radical (unpaired) electrons. The van der Waals surface area contributed by atoms with Gasteiger partial charge >= 0.3 is 6.18 Å². The van der Waals surface area contributed by atoms with Crippen molar-refractivity contribution in [3.8, 4) is 0 Å². The molecule has 1 aliphatic rings. The van der Waals surface area contributed by atoms with E-state index < -0.39 is 11.7 Å². The second kappa shape index (κ2) is 11.1. The Kier molecular flexibility index (Phi) is 8.10. The highest BCUT2D eigenvalue weighted by molar-refractivity contribution is 9.10. The summed E-state index contributed by atoms with van der Waals surface area (Å²) in [7, 11) is 0. The predicted molar refractivity (Wildman–Crippen MR) is 137 cm³/mol. The number of nitrogens with zero attached hydrogens (tertiary/aromatic N) is 3. The molecule has 9 heteroatoms. The zero-order chi connectivity index (χ0) is 25.9. The fourth-order valence-electron chi connectivity index (χ4n) is 4.23. The minimum Gasteiger partial charge on any atom is -0.455 e. The Morgan fingerprint density at radius 3 is 2.33 bits per heavy atom. The molecule has 1 amide bonds. The molecule has 0 aliphatic carbocycles. The largest absolute Gasteiger partial charge is 0.455 e. The molecule has 192 valence electrons. The highest BCUT2D eigenvalue weighted by Gasteiger charge is 2.31. The van der Waals surface area contributed by atoms with Crippen LogP contribution in [-0.2, 0) is 19.3 Å². The van der Waals surface area contributed by atoms with Crippen molar-refractivity contribution in [1.82, 2.24) is 9.80 Å². The molecule has 5 nitrogen and oxygen atoms in total. The molecule has 1 aliphatic heterocycles. The second-order valence-corrected chi connectivity index (χ2v) is 10.1. The normalized spacial score (nSPS) is 14.7. The molecule has 1 fully saturated rings. The summed E-state index contributed by atoms with van der Waals surface area (Å²) in [6.07, 6.45) is -4.38. The van der Waals surface area contributed by atoms with Crippen LogP contribution >= 0.6 is 15.9 Å². The highest BCUT2D eigenvalue weighted by Crippen LogP contribution is 2.32. The van der Waals surface area contributed by atoms with Crippen LogP contribution in [0.2, 0.25) is 0 Å². The summed E-state index contributed by atoms with van der Waals surface area (Å²) >= 11 is 3.46. The van der Waals surface area contributed by atoms with Crippen molar-refractivity contribution in [2.24, 2.45) is 0 Å². The summed E-state index contributed by atoms with van der Waals surface area (Å²) in [5.41, 5.74) is 1.03. The van der Waals surface area contributed by atoms with Crippen molar-refractivity contribution in [3.05, 3.63) is 87.8 Å². The molecule has 4 rings (SSSR count). The molecule has 2 heterocycles. The lowest BCUT2D eigenvalue weighted by atomic mass is 10.1. The summed E-state index contributed by atoms with van der Waals surface area (Å²) in [5, 5.41) is 0. The van der Waals surface area contributed by atoms with Crippen LogP contribution in [0.4, 0.5) is 18.9 Å². The van der Waals surface area contributed by atoms with Crippen molar-refractivity contribution in [2.75, 3.05) is 31.1 Å². The first kappa shape index (κ1) is 26.3. The van der Waals surface area contributed by atoms with Crippen molar-refractivity contribution in [1.29, 1.82) is 0 Å². The number of hydrogen-bond donors (Lipinski definition) is 0. The number of alkyl halides is 3. The number of halogens is 4. The lowest BCUT2D eigenvalue weighted by molar-refractivity contribution is -0.137. The van der Waals surface area contributed by atoms with E-state index in [4.69, 9.17) is 4.42 Å². The monoisotopic (exact) mass is 563 g/mol. The SMILES string of the molecule is CC(C)N(Cc1ccc(Br)cc1)Cc1ccc(C(=O)N2CCN(c3cccc(C(F)(F)F)c3)CC2)o1. The predicted octanol–water partition coefficient (Wildman–Crippen LogP) is 6.43. The van der Waals surface area contributed by atoms with E-state index in [9.17, 15) is 18.0 Å². The van der Waals surface area contributed by atoms with Gasteiger partial charge in [0.25, 0.3) is 5.91 Å². The summed E-state index contributed by atoms with van der Waals surface area (Å²) < 4.78 is 46.1. The van der Waals surface area contributed by atoms with E-state index in [0.717, 1.165) is 23.2 Å². The fourth-order valence-corrected chi connectivity index (χ4v) is 4.49. The number of piperazine rings is 1. The maximum atomic E-state index is 13.1. The van der Waals surface area contributed by atoms with Gasteiger partial charge in [0.15, 0.2) is 5.76 Å². The first-order valence-electron chi connectivity index (χ1n) is 11.9. The van der Waals surface area contributed by atoms with E-state index in [-0.39, 0.29) is 17.7 Å². The number of amides is 1. The van der Waals surface area contributed by atoms with E-state index in [1.54, 1.807) is 17.0 Å². The quantitative estimate of drug-likeness (QED) is 0.332. The molecule has 1 aromatic heterocycles. The Labute approximate surface area is 217 Å². The van der Waals surface area contributed by atoms with Gasteiger partial charge < -0.3 is 14.2 Å². The third kappa shape index (κ3) is 6.50. The summed E-state index contributed by atoms with van der Waals surface area (Å²) in [4.78, 5) is 18.9. The van der Waals surface area contributed by atoms with Gasteiger partial charge in [0.05, 0.1) is 12.1 Å². The van der Waals surface area contributed by atoms with Crippen molar-refractivity contribution < 1.29 is 22.4 Å². The van der Waals surface area contributed by atoms with Gasteiger partial charge in [-0.05, 0) is 61.9 Å². The Morgan fingerprint density at radius 1 is 1.00 bits per heavy atom. The molecule has 2 aromatic carbocycles. The number of carbonyl (C=O) groups is 1. The van der Waals surface area contributed by atoms with Crippen LogP contribution in [0.1, 0.15) is 41.3 Å². The number of anilines is 1. The summed E-state index contributed by atoms with van der Waals surface area (Å²) in [5.74, 6) is 0.797. The number of carbonyl (C=O) groups excluding carboxylic acids is 1.